The summed E-state index contributed by atoms with van der Waals surface area (Å²) in [6.07, 6.45) is 1.92. The van der Waals surface area contributed by atoms with Crippen molar-refractivity contribution < 1.29 is 28.8 Å². The van der Waals surface area contributed by atoms with Gasteiger partial charge in [-0.05, 0) is 55.5 Å². The van der Waals surface area contributed by atoms with Gasteiger partial charge >= 0.3 is 6.09 Å². The number of aryl methyl sites for hydroxylation is 2. The zero-order chi connectivity index (χ0) is 22.9. The molecule has 1 N–H and O–H groups in total. The number of aliphatic hydroxyl groups is 1. The first-order chi connectivity index (χ1) is 15.5. The summed E-state index contributed by atoms with van der Waals surface area (Å²) in [4.78, 5) is 13.7. The summed E-state index contributed by atoms with van der Waals surface area (Å²) in [7, 11) is 3.29. The van der Waals surface area contributed by atoms with Crippen molar-refractivity contribution in [3.63, 3.8) is 0 Å². The Balaban J connectivity index is 1.58. The number of methoxy groups -OCH3 is 2. The second-order valence-corrected chi connectivity index (χ2v) is 7.86. The van der Waals surface area contributed by atoms with E-state index in [0.717, 1.165) is 41.2 Å². The molecular weight excluding hydrogens is 410 g/mol. The highest BCUT2D eigenvalue weighted by Crippen LogP contribution is 2.26. The largest absolute Gasteiger partial charge is 0.497 e. The molecule has 1 amide bonds. The Morgan fingerprint density at radius 1 is 1.09 bits per heavy atom. The molecule has 2 atom stereocenters. The Bertz CT molecular complexity index is 864. The van der Waals surface area contributed by atoms with Gasteiger partial charge in [-0.2, -0.15) is 0 Å². The molecule has 174 valence electrons. The first-order valence-corrected chi connectivity index (χ1v) is 11.1. The number of hydrogen-bond donors (Lipinski definition) is 1. The molecule has 1 heterocycles. The fourth-order valence-corrected chi connectivity index (χ4v) is 4.04. The third-order valence-electron chi connectivity index (χ3n) is 5.67. The number of likely N-dealkylation sites (tertiary alicyclic amines) is 1. The number of β-amino-alcohol motifs (C(OH)–C–C–N with tert-alkyl or cyclic N) is 1. The van der Waals surface area contributed by atoms with E-state index in [1.54, 1.807) is 26.0 Å². The zero-order valence-electron chi connectivity index (χ0n) is 19.1. The van der Waals surface area contributed by atoms with Crippen molar-refractivity contribution in [1.29, 1.82) is 0 Å². The van der Waals surface area contributed by atoms with Crippen LogP contribution in [0.5, 0.6) is 17.2 Å². The first kappa shape index (κ1) is 23.7. The second kappa shape index (κ2) is 11.6. The molecule has 0 spiro atoms. The fraction of sp³-hybridized carbons (Fsp3) is 0.480. The van der Waals surface area contributed by atoms with Crippen LogP contribution >= 0.6 is 0 Å². The normalized spacial score (nSPS) is 17.8. The van der Waals surface area contributed by atoms with E-state index in [4.69, 9.17) is 18.9 Å². The number of nitrogens with zero attached hydrogens (tertiary/aromatic N) is 1. The van der Waals surface area contributed by atoms with E-state index >= 15 is 0 Å². The molecule has 0 aliphatic carbocycles. The fourth-order valence-electron chi connectivity index (χ4n) is 4.04. The van der Waals surface area contributed by atoms with Crippen LogP contribution in [-0.4, -0.2) is 62.2 Å². The van der Waals surface area contributed by atoms with Crippen LogP contribution in [0, 0.1) is 0 Å². The maximum absolute atomic E-state index is 12.1. The number of para-hydroxylation sites is 1. The Hall–Kier alpha value is -2.93. The van der Waals surface area contributed by atoms with Crippen LogP contribution in [0.2, 0.25) is 0 Å². The Morgan fingerprint density at radius 3 is 2.50 bits per heavy atom. The number of benzene rings is 2. The molecule has 7 nitrogen and oxygen atoms in total. The Kier molecular flexibility index (Phi) is 8.62. The van der Waals surface area contributed by atoms with Crippen LogP contribution in [0.1, 0.15) is 30.9 Å². The third-order valence-corrected chi connectivity index (χ3v) is 5.67. The molecule has 7 heteroatoms. The number of carbonyl (C=O) groups is 1. The minimum Gasteiger partial charge on any atom is -0.497 e. The molecule has 3 rings (SSSR count). The van der Waals surface area contributed by atoms with E-state index < -0.39 is 6.10 Å². The second-order valence-electron chi connectivity index (χ2n) is 7.86. The van der Waals surface area contributed by atoms with E-state index in [-0.39, 0.29) is 12.1 Å². The van der Waals surface area contributed by atoms with E-state index in [9.17, 15) is 9.90 Å². The maximum atomic E-state index is 12.1. The summed E-state index contributed by atoms with van der Waals surface area (Å²) in [5.41, 5.74) is 2.24. The zero-order valence-corrected chi connectivity index (χ0v) is 19.1. The molecule has 1 aliphatic rings. The number of rotatable bonds is 10. The minimum absolute atomic E-state index is 0.0829. The summed E-state index contributed by atoms with van der Waals surface area (Å²) < 4.78 is 21.9. The number of ether oxygens (including phenoxy) is 4. The SMILES string of the molecule is CCOC(=O)N1C[C@H](O)C[C@H]1CCOc1ccccc1CCc1cc(OC)cc(OC)c1. The van der Waals surface area contributed by atoms with Crippen molar-refractivity contribution in [3.8, 4) is 17.2 Å². The predicted molar refractivity (Wildman–Crippen MR) is 122 cm³/mol. The molecule has 2 aromatic rings. The Morgan fingerprint density at radius 2 is 1.81 bits per heavy atom. The van der Waals surface area contributed by atoms with E-state index in [1.807, 2.05) is 36.4 Å². The molecule has 1 saturated heterocycles. The molecule has 0 saturated carbocycles. The molecule has 1 aliphatic heterocycles. The number of aliphatic hydroxyl groups excluding tert-OH is 1. The lowest BCUT2D eigenvalue weighted by Crippen LogP contribution is -2.37. The lowest BCUT2D eigenvalue weighted by Gasteiger charge is -2.23. The van der Waals surface area contributed by atoms with Gasteiger partial charge in [0, 0.05) is 18.5 Å². The van der Waals surface area contributed by atoms with Crippen molar-refractivity contribution in [2.45, 2.75) is 44.8 Å². The first-order valence-electron chi connectivity index (χ1n) is 11.1. The molecule has 0 unspecified atom stereocenters. The summed E-state index contributed by atoms with van der Waals surface area (Å²) in [5, 5.41) is 9.99. The van der Waals surface area contributed by atoms with Gasteiger partial charge in [-0.1, -0.05) is 18.2 Å². The van der Waals surface area contributed by atoms with Gasteiger partial charge in [-0.25, -0.2) is 4.79 Å². The lowest BCUT2D eigenvalue weighted by atomic mass is 10.0. The van der Waals surface area contributed by atoms with Gasteiger partial charge in [0.15, 0.2) is 0 Å². The van der Waals surface area contributed by atoms with Gasteiger partial charge in [0.25, 0.3) is 0 Å². The monoisotopic (exact) mass is 443 g/mol. The van der Waals surface area contributed by atoms with Gasteiger partial charge in [-0.3, -0.25) is 0 Å². The minimum atomic E-state index is -0.517. The van der Waals surface area contributed by atoms with Crippen LogP contribution in [0.25, 0.3) is 0 Å². The average molecular weight is 444 g/mol. The highest BCUT2D eigenvalue weighted by Gasteiger charge is 2.35. The standard InChI is InChI=1S/C25H33NO6/c1-4-31-25(28)26-17-21(27)15-20(26)11-12-32-24-8-6-5-7-19(24)10-9-18-13-22(29-2)16-23(14-18)30-3/h5-8,13-14,16,20-21,27H,4,9-12,15,17H2,1-3H3/t20-,21-/m1/s1. The van der Waals surface area contributed by atoms with Crippen molar-refractivity contribution >= 4 is 6.09 Å². The van der Waals surface area contributed by atoms with E-state index in [0.29, 0.717) is 32.6 Å². The van der Waals surface area contributed by atoms with Crippen molar-refractivity contribution in [3.05, 3.63) is 53.6 Å². The van der Waals surface area contributed by atoms with Gasteiger partial charge in [0.05, 0.1) is 40.1 Å². The molecule has 32 heavy (non-hydrogen) atoms. The topological polar surface area (TPSA) is 77.5 Å². The predicted octanol–water partition coefficient (Wildman–Crippen LogP) is 3.85. The molecule has 2 aromatic carbocycles. The average Bonchev–Trinajstić information content (AvgIpc) is 3.18. The van der Waals surface area contributed by atoms with E-state index in [1.165, 1.54) is 0 Å². The lowest BCUT2D eigenvalue weighted by molar-refractivity contribution is 0.0941. The maximum Gasteiger partial charge on any atom is 0.410 e. The van der Waals surface area contributed by atoms with E-state index in [2.05, 4.69) is 6.07 Å². The van der Waals surface area contributed by atoms with Crippen LogP contribution in [0.4, 0.5) is 4.79 Å². The molecular formula is C25H33NO6. The van der Waals surface area contributed by atoms with Crippen molar-refractivity contribution in [2.24, 2.45) is 0 Å². The van der Waals surface area contributed by atoms with Crippen LogP contribution in [0.3, 0.4) is 0 Å². The summed E-state index contributed by atoms with van der Waals surface area (Å²) in [5.74, 6) is 2.38. The third kappa shape index (κ3) is 6.29. The van der Waals surface area contributed by atoms with Crippen LogP contribution < -0.4 is 14.2 Å². The highest BCUT2D eigenvalue weighted by molar-refractivity contribution is 5.68. The van der Waals surface area contributed by atoms with Crippen molar-refractivity contribution in [2.75, 3.05) is 34.0 Å². The smallest absolute Gasteiger partial charge is 0.410 e. The molecule has 0 radical (unpaired) electrons. The van der Waals surface area contributed by atoms with Crippen molar-refractivity contribution in [1.82, 2.24) is 4.90 Å². The van der Waals surface area contributed by atoms with Gasteiger partial charge in [-0.15, -0.1) is 0 Å². The molecule has 0 bridgehead atoms. The van der Waals surface area contributed by atoms with Gasteiger partial charge < -0.3 is 29.0 Å². The highest BCUT2D eigenvalue weighted by atomic mass is 16.6. The number of hydrogen-bond acceptors (Lipinski definition) is 6. The molecule has 0 aromatic heterocycles. The van der Waals surface area contributed by atoms with Crippen LogP contribution in [-0.2, 0) is 17.6 Å². The quantitative estimate of drug-likeness (QED) is 0.601. The van der Waals surface area contributed by atoms with Crippen LogP contribution in [0.15, 0.2) is 42.5 Å². The molecule has 1 fully saturated rings. The Labute approximate surface area is 189 Å². The number of carbonyl (C=O) groups excluding carboxylic acids is 1. The van der Waals surface area contributed by atoms with Gasteiger partial charge in [0.2, 0.25) is 0 Å². The summed E-state index contributed by atoms with van der Waals surface area (Å²) in [6.45, 7) is 2.86. The summed E-state index contributed by atoms with van der Waals surface area (Å²) in [6, 6.07) is 13.8. The summed E-state index contributed by atoms with van der Waals surface area (Å²) >= 11 is 0. The number of amides is 1. The van der Waals surface area contributed by atoms with Gasteiger partial charge in [0.1, 0.15) is 17.2 Å².